The van der Waals surface area contributed by atoms with Crippen LogP contribution in [0.25, 0.3) is 0 Å². The SMILES string of the molecule is COc1ccccc1OCC(O)CNC1CCCCC1C. The van der Waals surface area contributed by atoms with Crippen molar-refractivity contribution < 1.29 is 14.6 Å². The number of para-hydroxylation sites is 2. The van der Waals surface area contributed by atoms with Crippen molar-refractivity contribution in [3.8, 4) is 11.5 Å². The van der Waals surface area contributed by atoms with Crippen LogP contribution in [-0.2, 0) is 0 Å². The minimum absolute atomic E-state index is 0.272. The van der Waals surface area contributed by atoms with Crippen molar-refractivity contribution in [1.29, 1.82) is 0 Å². The van der Waals surface area contributed by atoms with Crippen molar-refractivity contribution >= 4 is 0 Å². The van der Waals surface area contributed by atoms with E-state index in [2.05, 4.69) is 12.2 Å². The molecule has 0 bridgehead atoms. The van der Waals surface area contributed by atoms with Gasteiger partial charge < -0.3 is 19.9 Å². The van der Waals surface area contributed by atoms with Gasteiger partial charge in [0.25, 0.3) is 0 Å². The lowest BCUT2D eigenvalue weighted by Gasteiger charge is -2.30. The Morgan fingerprint density at radius 3 is 2.67 bits per heavy atom. The first-order valence-electron chi connectivity index (χ1n) is 7.88. The third-order valence-electron chi connectivity index (χ3n) is 4.23. The van der Waals surface area contributed by atoms with Crippen LogP contribution in [0.4, 0.5) is 0 Å². The molecule has 0 heterocycles. The van der Waals surface area contributed by atoms with E-state index in [1.807, 2.05) is 24.3 Å². The van der Waals surface area contributed by atoms with Gasteiger partial charge in [-0.1, -0.05) is 31.9 Å². The first-order chi connectivity index (χ1) is 10.2. The maximum Gasteiger partial charge on any atom is 0.161 e. The Hall–Kier alpha value is -1.26. The van der Waals surface area contributed by atoms with Crippen LogP contribution in [-0.4, -0.2) is 37.5 Å². The maximum absolute atomic E-state index is 10.1. The number of nitrogens with one attached hydrogen (secondary N) is 1. The Labute approximate surface area is 127 Å². The number of aliphatic hydroxyl groups excluding tert-OH is 1. The highest BCUT2D eigenvalue weighted by molar-refractivity contribution is 5.39. The molecular weight excluding hydrogens is 266 g/mol. The van der Waals surface area contributed by atoms with E-state index in [0.717, 1.165) is 0 Å². The third kappa shape index (κ3) is 4.90. The number of benzene rings is 1. The molecule has 0 aliphatic heterocycles. The Morgan fingerprint density at radius 2 is 1.95 bits per heavy atom. The van der Waals surface area contributed by atoms with Crippen molar-refractivity contribution in [3.05, 3.63) is 24.3 Å². The van der Waals surface area contributed by atoms with Crippen molar-refractivity contribution in [2.24, 2.45) is 5.92 Å². The minimum atomic E-state index is -0.510. The van der Waals surface area contributed by atoms with Crippen molar-refractivity contribution in [2.45, 2.75) is 44.8 Å². The van der Waals surface area contributed by atoms with Gasteiger partial charge in [0.15, 0.2) is 11.5 Å². The minimum Gasteiger partial charge on any atom is -0.493 e. The number of methoxy groups -OCH3 is 1. The van der Waals surface area contributed by atoms with Crippen LogP contribution in [0.5, 0.6) is 11.5 Å². The van der Waals surface area contributed by atoms with E-state index in [4.69, 9.17) is 9.47 Å². The lowest BCUT2D eigenvalue weighted by atomic mass is 9.86. The van der Waals surface area contributed by atoms with Gasteiger partial charge in [0.2, 0.25) is 0 Å². The van der Waals surface area contributed by atoms with E-state index >= 15 is 0 Å². The molecule has 1 aliphatic carbocycles. The molecule has 118 valence electrons. The fourth-order valence-electron chi connectivity index (χ4n) is 2.89. The molecule has 1 saturated carbocycles. The number of hydrogen-bond acceptors (Lipinski definition) is 4. The van der Waals surface area contributed by atoms with E-state index in [1.165, 1.54) is 25.7 Å². The predicted molar refractivity (Wildman–Crippen MR) is 83.9 cm³/mol. The van der Waals surface area contributed by atoms with Gasteiger partial charge in [-0.3, -0.25) is 0 Å². The third-order valence-corrected chi connectivity index (χ3v) is 4.23. The molecule has 1 aromatic carbocycles. The molecule has 3 unspecified atom stereocenters. The van der Waals surface area contributed by atoms with Crippen LogP contribution in [0.1, 0.15) is 32.6 Å². The van der Waals surface area contributed by atoms with Crippen molar-refractivity contribution in [3.63, 3.8) is 0 Å². The second-order valence-electron chi connectivity index (χ2n) is 5.89. The van der Waals surface area contributed by atoms with Crippen LogP contribution in [0.2, 0.25) is 0 Å². The van der Waals surface area contributed by atoms with Gasteiger partial charge in [0.1, 0.15) is 12.7 Å². The summed E-state index contributed by atoms with van der Waals surface area (Å²) in [4.78, 5) is 0. The molecule has 0 aromatic heterocycles. The number of hydrogen-bond donors (Lipinski definition) is 2. The van der Waals surface area contributed by atoms with E-state index in [1.54, 1.807) is 7.11 Å². The molecule has 3 atom stereocenters. The van der Waals surface area contributed by atoms with Gasteiger partial charge in [-0.05, 0) is 30.9 Å². The molecule has 2 N–H and O–H groups in total. The number of aliphatic hydroxyl groups is 1. The summed E-state index contributed by atoms with van der Waals surface area (Å²) >= 11 is 0. The molecular formula is C17H27NO3. The van der Waals surface area contributed by atoms with Gasteiger partial charge in [0.05, 0.1) is 7.11 Å². The Bertz CT molecular complexity index is 424. The largest absolute Gasteiger partial charge is 0.493 e. The van der Waals surface area contributed by atoms with Crippen LogP contribution in [0.15, 0.2) is 24.3 Å². The van der Waals surface area contributed by atoms with E-state index in [9.17, 15) is 5.11 Å². The van der Waals surface area contributed by atoms with Gasteiger partial charge in [-0.15, -0.1) is 0 Å². The summed E-state index contributed by atoms with van der Waals surface area (Å²) in [5.74, 6) is 2.06. The first kappa shape index (κ1) is 16.1. The molecule has 1 aromatic rings. The van der Waals surface area contributed by atoms with Crippen LogP contribution >= 0.6 is 0 Å². The quantitative estimate of drug-likeness (QED) is 0.811. The highest BCUT2D eigenvalue weighted by Gasteiger charge is 2.21. The van der Waals surface area contributed by atoms with Crippen LogP contribution in [0, 0.1) is 5.92 Å². The van der Waals surface area contributed by atoms with Gasteiger partial charge >= 0.3 is 0 Å². The highest BCUT2D eigenvalue weighted by atomic mass is 16.5. The summed E-state index contributed by atoms with van der Waals surface area (Å²) < 4.78 is 10.9. The zero-order valence-corrected chi connectivity index (χ0v) is 13.0. The molecule has 21 heavy (non-hydrogen) atoms. The molecule has 0 saturated heterocycles. The zero-order valence-electron chi connectivity index (χ0n) is 13.0. The number of rotatable bonds is 7. The predicted octanol–water partition coefficient (Wildman–Crippen LogP) is 2.60. The lowest BCUT2D eigenvalue weighted by Crippen LogP contribution is -2.42. The second kappa shape index (κ2) is 8.25. The zero-order chi connectivity index (χ0) is 15.1. The van der Waals surface area contributed by atoms with E-state index in [-0.39, 0.29) is 6.61 Å². The Kier molecular flexibility index (Phi) is 6.33. The summed E-state index contributed by atoms with van der Waals surface area (Å²) in [5.41, 5.74) is 0. The summed E-state index contributed by atoms with van der Waals surface area (Å²) in [6.45, 7) is 3.13. The van der Waals surface area contributed by atoms with Crippen molar-refractivity contribution in [2.75, 3.05) is 20.3 Å². The van der Waals surface area contributed by atoms with Gasteiger partial charge in [-0.25, -0.2) is 0 Å². The van der Waals surface area contributed by atoms with Gasteiger partial charge in [-0.2, -0.15) is 0 Å². The first-order valence-corrected chi connectivity index (χ1v) is 7.88. The highest BCUT2D eigenvalue weighted by Crippen LogP contribution is 2.26. The van der Waals surface area contributed by atoms with Crippen LogP contribution in [0.3, 0.4) is 0 Å². The molecule has 1 aliphatic rings. The summed E-state index contributed by atoms with van der Waals surface area (Å²) in [6.07, 6.45) is 4.60. The lowest BCUT2D eigenvalue weighted by molar-refractivity contribution is 0.0970. The monoisotopic (exact) mass is 293 g/mol. The molecule has 4 heteroatoms. The van der Waals surface area contributed by atoms with E-state index in [0.29, 0.717) is 30.0 Å². The molecule has 4 nitrogen and oxygen atoms in total. The second-order valence-corrected chi connectivity index (χ2v) is 5.89. The fourth-order valence-corrected chi connectivity index (χ4v) is 2.89. The Balaban J connectivity index is 1.73. The molecule has 0 amide bonds. The smallest absolute Gasteiger partial charge is 0.161 e. The Morgan fingerprint density at radius 1 is 1.24 bits per heavy atom. The van der Waals surface area contributed by atoms with Crippen molar-refractivity contribution in [1.82, 2.24) is 5.32 Å². The molecule has 1 fully saturated rings. The van der Waals surface area contributed by atoms with Gasteiger partial charge in [0, 0.05) is 12.6 Å². The van der Waals surface area contributed by atoms with Crippen LogP contribution < -0.4 is 14.8 Å². The van der Waals surface area contributed by atoms with E-state index < -0.39 is 6.10 Å². The summed E-state index contributed by atoms with van der Waals surface area (Å²) in [5, 5.41) is 13.5. The normalized spacial score (nSPS) is 23.6. The maximum atomic E-state index is 10.1. The average Bonchev–Trinajstić information content (AvgIpc) is 2.52. The molecule has 2 rings (SSSR count). The summed E-state index contributed by atoms with van der Waals surface area (Å²) in [7, 11) is 1.62. The number of ether oxygens (including phenoxy) is 2. The fraction of sp³-hybridized carbons (Fsp3) is 0.647. The molecule has 0 spiro atoms. The molecule has 0 radical (unpaired) electrons. The average molecular weight is 293 g/mol. The summed E-state index contributed by atoms with van der Waals surface area (Å²) in [6, 6.07) is 8.02. The standard InChI is InChI=1S/C17H27NO3/c1-13-7-3-4-8-15(13)18-11-14(19)12-21-17-10-6-5-9-16(17)20-2/h5-6,9-10,13-15,18-19H,3-4,7-8,11-12H2,1-2H3. The topological polar surface area (TPSA) is 50.7 Å².